The van der Waals surface area contributed by atoms with Gasteiger partial charge in [0.05, 0.1) is 19.1 Å². The van der Waals surface area contributed by atoms with Crippen LogP contribution >= 0.6 is 12.4 Å². The van der Waals surface area contributed by atoms with Crippen molar-refractivity contribution >= 4 is 18.4 Å². The molecule has 2 unspecified atom stereocenters. The lowest BCUT2D eigenvalue weighted by atomic mass is 10.1. The first-order valence-electron chi connectivity index (χ1n) is 7.43. The molecule has 0 fully saturated rings. The third-order valence-electron chi connectivity index (χ3n) is 3.69. The van der Waals surface area contributed by atoms with Gasteiger partial charge < -0.3 is 9.80 Å². The van der Waals surface area contributed by atoms with Gasteiger partial charge in [0.15, 0.2) is 0 Å². The fourth-order valence-electron chi connectivity index (χ4n) is 2.23. The third kappa shape index (κ3) is 10.4. The first-order valence-corrected chi connectivity index (χ1v) is 7.43. The number of hydrogen-bond donors (Lipinski definition) is 0. The van der Waals surface area contributed by atoms with Gasteiger partial charge in [0.2, 0.25) is 0 Å². The van der Waals surface area contributed by atoms with Crippen LogP contribution < -0.4 is 0 Å². The van der Waals surface area contributed by atoms with Crippen LogP contribution in [-0.4, -0.2) is 69.2 Å². The SMILES string of the molecule is CCC(CCN=C=NCCC(CC)N(C)C)N(C)C.Cl. The molecule has 0 saturated carbocycles. The molecule has 5 heteroatoms. The van der Waals surface area contributed by atoms with Gasteiger partial charge in [-0.15, -0.1) is 12.4 Å². The van der Waals surface area contributed by atoms with E-state index in [2.05, 4.69) is 67.8 Å². The molecule has 4 nitrogen and oxygen atoms in total. The van der Waals surface area contributed by atoms with E-state index in [0.29, 0.717) is 12.1 Å². The van der Waals surface area contributed by atoms with Crippen molar-refractivity contribution in [1.29, 1.82) is 0 Å². The van der Waals surface area contributed by atoms with Crippen molar-refractivity contribution < 1.29 is 0 Å². The van der Waals surface area contributed by atoms with E-state index in [4.69, 9.17) is 0 Å². The summed E-state index contributed by atoms with van der Waals surface area (Å²) >= 11 is 0. The predicted octanol–water partition coefficient (Wildman–Crippen LogP) is 3.04. The molecule has 20 heavy (non-hydrogen) atoms. The number of halogens is 1. The summed E-state index contributed by atoms with van der Waals surface area (Å²) in [7, 11) is 8.49. The lowest BCUT2D eigenvalue weighted by Crippen LogP contribution is -2.27. The summed E-state index contributed by atoms with van der Waals surface area (Å²) in [6.07, 6.45) is 4.50. The number of rotatable bonds is 10. The monoisotopic (exact) mass is 304 g/mol. The van der Waals surface area contributed by atoms with Gasteiger partial charge in [0.25, 0.3) is 0 Å². The highest BCUT2D eigenvalue weighted by Gasteiger charge is 2.07. The van der Waals surface area contributed by atoms with Crippen LogP contribution in [0.5, 0.6) is 0 Å². The highest BCUT2D eigenvalue weighted by molar-refractivity contribution is 5.85. The molecular weight excluding hydrogens is 272 g/mol. The molecule has 0 amide bonds. The Morgan fingerprint density at radius 3 is 1.40 bits per heavy atom. The van der Waals surface area contributed by atoms with Crippen molar-refractivity contribution in [3.63, 3.8) is 0 Å². The zero-order valence-corrected chi connectivity index (χ0v) is 14.9. The van der Waals surface area contributed by atoms with E-state index in [9.17, 15) is 0 Å². The number of aliphatic imine (C=N–C) groups is 2. The first kappa shape index (κ1) is 21.9. The molecule has 0 N–H and O–H groups in total. The summed E-state index contributed by atoms with van der Waals surface area (Å²) < 4.78 is 0. The molecule has 0 heterocycles. The van der Waals surface area contributed by atoms with Gasteiger partial charge in [-0.1, -0.05) is 13.8 Å². The van der Waals surface area contributed by atoms with Crippen LogP contribution in [0.3, 0.4) is 0 Å². The summed E-state index contributed by atoms with van der Waals surface area (Å²) in [6, 6.07) is 4.06. The Morgan fingerprint density at radius 1 is 0.800 bits per heavy atom. The van der Waals surface area contributed by atoms with Gasteiger partial charge in [-0.05, 0) is 53.9 Å². The van der Waals surface area contributed by atoms with Crippen molar-refractivity contribution in [1.82, 2.24) is 9.80 Å². The second-order valence-electron chi connectivity index (χ2n) is 5.49. The second-order valence-corrected chi connectivity index (χ2v) is 5.49. The van der Waals surface area contributed by atoms with E-state index in [0.717, 1.165) is 25.9 Å². The highest BCUT2D eigenvalue weighted by atomic mass is 35.5. The van der Waals surface area contributed by atoms with Gasteiger partial charge in [0.1, 0.15) is 0 Å². The molecule has 0 aromatic heterocycles. The van der Waals surface area contributed by atoms with Crippen molar-refractivity contribution in [2.75, 3.05) is 41.3 Å². The molecule has 0 rings (SSSR count). The van der Waals surface area contributed by atoms with Gasteiger partial charge in [0, 0.05) is 12.1 Å². The van der Waals surface area contributed by atoms with Crippen molar-refractivity contribution in [2.24, 2.45) is 9.98 Å². The molecule has 0 aromatic carbocycles. The smallest absolute Gasteiger partial charge is 0.0892 e. The van der Waals surface area contributed by atoms with Gasteiger partial charge in [-0.3, -0.25) is 0 Å². The van der Waals surface area contributed by atoms with Crippen LogP contribution in [0.2, 0.25) is 0 Å². The summed E-state index contributed by atoms with van der Waals surface area (Å²) in [4.78, 5) is 13.0. The summed E-state index contributed by atoms with van der Waals surface area (Å²) in [5.41, 5.74) is 0. The van der Waals surface area contributed by atoms with E-state index in [-0.39, 0.29) is 12.4 Å². The van der Waals surface area contributed by atoms with Crippen molar-refractivity contribution in [2.45, 2.75) is 51.6 Å². The van der Waals surface area contributed by atoms with Gasteiger partial charge >= 0.3 is 0 Å². The number of hydrogen-bond acceptors (Lipinski definition) is 4. The molecule has 120 valence electrons. The lowest BCUT2D eigenvalue weighted by molar-refractivity contribution is 0.274. The molecule has 0 aliphatic carbocycles. The maximum absolute atomic E-state index is 4.25. The van der Waals surface area contributed by atoms with Crippen LogP contribution in [0.4, 0.5) is 0 Å². The molecule has 0 aliphatic heterocycles. The Hall–Kier alpha value is -0.410. The molecule has 0 spiro atoms. The minimum absolute atomic E-state index is 0. The average Bonchev–Trinajstić information content (AvgIpc) is 2.36. The van der Waals surface area contributed by atoms with E-state index in [1.165, 1.54) is 12.8 Å². The molecule has 2 atom stereocenters. The maximum Gasteiger partial charge on any atom is 0.0892 e. The zero-order valence-electron chi connectivity index (χ0n) is 14.1. The van der Waals surface area contributed by atoms with E-state index in [1.54, 1.807) is 0 Å². The fourth-order valence-corrected chi connectivity index (χ4v) is 2.23. The summed E-state index contributed by atoms with van der Waals surface area (Å²) in [5.74, 6) is 0. The quantitative estimate of drug-likeness (QED) is 0.581. The topological polar surface area (TPSA) is 31.2 Å². The van der Waals surface area contributed by atoms with Crippen LogP contribution in [0.15, 0.2) is 9.98 Å². The minimum atomic E-state index is 0. The summed E-state index contributed by atoms with van der Waals surface area (Å²) in [6.45, 7) is 6.08. The molecule has 0 aliphatic rings. The van der Waals surface area contributed by atoms with Gasteiger partial charge in [-0.2, -0.15) is 0 Å². The van der Waals surface area contributed by atoms with Crippen LogP contribution in [-0.2, 0) is 0 Å². The highest BCUT2D eigenvalue weighted by Crippen LogP contribution is 2.04. The van der Waals surface area contributed by atoms with E-state index >= 15 is 0 Å². The standard InChI is InChI=1S/C15H32N4.ClH/c1-7-14(18(3)4)9-11-16-13-17-12-10-15(8-2)19(5)6;/h14-15H,7-12H2,1-6H3;1H. The zero-order chi connectivity index (χ0) is 14.7. The van der Waals surface area contributed by atoms with Gasteiger partial charge in [-0.25, -0.2) is 9.98 Å². The largest absolute Gasteiger partial charge is 0.306 e. The normalized spacial score (nSPS) is 13.6. The third-order valence-corrected chi connectivity index (χ3v) is 3.69. The van der Waals surface area contributed by atoms with Crippen LogP contribution in [0.1, 0.15) is 39.5 Å². The van der Waals surface area contributed by atoms with Crippen molar-refractivity contribution in [3.8, 4) is 0 Å². The maximum atomic E-state index is 4.25. The molecule has 0 radical (unpaired) electrons. The van der Waals surface area contributed by atoms with E-state index < -0.39 is 0 Å². The van der Waals surface area contributed by atoms with Crippen molar-refractivity contribution in [3.05, 3.63) is 0 Å². The Balaban J connectivity index is 0. The minimum Gasteiger partial charge on any atom is -0.306 e. The fraction of sp³-hybridized carbons (Fsp3) is 0.933. The molecular formula is C15H33ClN4. The average molecular weight is 305 g/mol. The predicted molar refractivity (Wildman–Crippen MR) is 91.6 cm³/mol. The number of nitrogens with zero attached hydrogens (tertiary/aromatic N) is 4. The first-order chi connectivity index (χ1) is 9.02. The Morgan fingerprint density at radius 2 is 1.15 bits per heavy atom. The molecule has 0 aromatic rings. The Labute approximate surface area is 131 Å². The molecule has 0 bridgehead atoms. The Kier molecular flexibility index (Phi) is 14.8. The second kappa shape index (κ2) is 13.6. The summed E-state index contributed by atoms with van der Waals surface area (Å²) in [5, 5.41) is 0. The lowest BCUT2D eigenvalue weighted by Gasteiger charge is -2.21. The molecule has 0 saturated heterocycles. The van der Waals surface area contributed by atoms with Crippen LogP contribution in [0, 0.1) is 0 Å². The van der Waals surface area contributed by atoms with Crippen LogP contribution in [0.25, 0.3) is 0 Å². The van der Waals surface area contributed by atoms with E-state index in [1.807, 2.05) is 0 Å². The Bertz CT molecular complexity index is 249.